The zero-order valence-electron chi connectivity index (χ0n) is 8.87. The average Bonchev–Trinajstić information content (AvgIpc) is 2.61. The number of ether oxygens (including phenoxy) is 2. The Morgan fingerprint density at radius 3 is 2.93 bits per heavy atom. The highest BCUT2D eigenvalue weighted by molar-refractivity contribution is 5.91. The maximum absolute atomic E-state index is 11.5. The van der Waals surface area contributed by atoms with Crippen molar-refractivity contribution in [1.29, 1.82) is 0 Å². The van der Waals surface area contributed by atoms with Crippen LogP contribution >= 0.6 is 0 Å². The predicted molar refractivity (Wildman–Crippen MR) is 52.9 cm³/mol. The first kappa shape index (κ1) is 10.4. The van der Waals surface area contributed by atoms with Gasteiger partial charge < -0.3 is 14.6 Å². The van der Waals surface area contributed by atoms with Crippen LogP contribution in [0.2, 0.25) is 0 Å². The lowest BCUT2D eigenvalue weighted by Crippen LogP contribution is -2.27. The normalized spacial score (nSPS) is 25.7. The van der Waals surface area contributed by atoms with Crippen LogP contribution in [0.5, 0.6) is 0 Å². The number of aliphatic hydroxyl groups excluding tert-OH is 1. The first-order valence-electron chi connectivity index (χ1n) is 4.95. The standard InChI is InChI=1S/C11H14O4/c1-6-3-4-7-8(10(12)14-2)5-15-11(13)9(6)7/h11,13H,3-5H2,1-2H3. The number of aliphatic hydroxyl groups is 1. The minimum Gasteiger partial charge on any atom is -0.466 e. The van der Waals surface area contributed by atoms with E-state index in [0.717, 1.165) is 29.6 Å². The molecule has 0 saturated carbocycles. The highest BCUT2D eigenvalue weighted by Gasteiger charge is 2.33. The second-order valence-corrected chi connectivity index (χ2v) is 3.81. The van der Waals surface area contributed by atoms with Crippen LogP contribution in [0.15, 0.2) is 22.3 Å². The SMILES string of the molecule is COC(=O)C1=C2CCC(C)=C2C(O)OC1. The minimum atomic E-state index is -0.879. The molecule has 0 radical (unpaired) electrons. The van der Waals surface area contributed by atoms with E-state index in [0.29, 0.717) is 5.57 Å². The fourth-order valence-corrected chi connectivity index (χ4v) is 2.15. The summed E-state index contributed by atoms with van der Waals surface area (Å²) >= 11 is 0. The van der Waals surface area contributed by atoms with E-state index in [1.54, 1.807) is 0 Å². The molecular formula is C11H14O4. The molecule has 1 atom stereocenters. The van der Waals surface area contributed by atoms with Gasteiger partial charge in [0.2, 0.25) is 0 Å². The van der Waals surface area contributed by atoms with E-state index < -0.39 is 6.29 Å². The fourth-order valence-electron chi connectivity index (χ4n) is 2.15. The molecule has 1 unspecified atom stereocenters. The molecule has 0 aromatic heterocycles. The molecular weight excluding hydrogens is 196 g/mol. The maximum Gasteiger partial charge on any atom is 0.336 e. The Morgan fingerprint density at radius 1 is 1.53 bits per heavy atom. The third kappa shape index (κ3) is 1.60. The van der Waals surface area contributed by atoms with Crippen LogP contribution in [-0.2, 0) is 14.3 Å². The molecule has 1 heterocycles. The summed E-state index contributed by atoms with van der Waals surface area (Å²) in [6, 6.07) is 0. The van der Waals surface area contributed by atoms with E-state index >= 15 is 0 Å². The van der Waals surface area contributed by atoms with Gasteiger partial charge >= 0.3 is 5.97 Å². The lowest BCUT2D eigenvalue weighted by Gasteiger charge is -2.24. The van der Waals surface area contributed by atoms with E-state index in [9.17, 15) is 9.90 Å². The topological polar surface area (TPSA) is 55.8 Å². The van der Waals surface area contributed by atoms with Crippen molar-refractivity contribution >= 4 is 5.97 Å². The first-order valence-corrected chi connectivity index (χ1v) is 4.95. The van der Waals surface area contributed by atoms with E-state index in [1.807, 2.05) is 6.92 Å². The summed E-state index contributed by atoms with van der Waals surface area (Å²) in [6.45, 7) is 2.09. The number of esters is 1. The van der Waals surface area contributed by atoms with E-state index in [1.165, 1.54) is 7.11 Å². The van der Waals surface area contributed by atoms with Crippen LogP contribution in [0.3, 0.4) is 0 Å². The van der Waals surface area contributed by atoms with E-state index in [-0.39, 0.29) is 12.6 Å². The smallest absolute Gasteiger partial charge is 0.336 e. The Morgan fingerprint density at radius 2 is 2.27 bits per heavy atom. The lowest BCUT2D eigenvalue weighted by atomic mass is 9.99. The van der Waals surface area contributed by atoms with Gasteiger partial charge in [-0.05, 0) is 25.3 Å². The lowest BCUT2D eigenvalue weighted by molar-refractivity contribution is -0.138. The molecule has 1 aliphatic heterocycles. The third-order valence-corrected chi connectivity index (χ3v) is 2.96. The van der Waals surface area contributed by atoms with Gasteiger partial charge in [0.25, 0.3) is 0 Å². The number of rotatable bonds is 1. The molecule has 0 bridgehead atoms. The number of hydrogen-bond acceptors (Lipinski definition) is 4. The van der Waals surface area contributed by atoms with Crippen LogP contribution in [0.25, 0.3) is 0 Å². The summed E-state index contributed by atoms with van der Waals surface area (Å²) in [6.07, 6.45) is 0.799. The zero-order valence-corrected chi connectivity index (χ0v) is 8.87. The van der Waals surface area contributed by atoms with Crippen molar-refractivity contribution in [2.75, 3.05) is 13.7 Å². The Labute approximate surface area is 88.2 Å². The molecule has 0 spiro atoms. The number of hydrogen-bond donors (Lipinski definition) is 1. The van der Waals surface area contributed by atoms with Crippen molar-refractivity contribution in [3.8, 4) is 0 Å². The molecule has 82 valence electrons. The van der Waals surface area contributed by atoms with Gasteiger partial charge in [0.15, 0.2) is 6.29 Å². The second kappa shape index (κ2) is 3.79. The molecule has 0 fully saturated rings. The Bertz CT molecular complexity index is 365. The maximum atomic E-state index is 11.5. The molecule has 1 N–H and O–H groups in total. The summed E-state index contributed by atoms with van der Waals surface area (Å²) in [4.78, 5) is 11.5. The zero-order chi connectivity index (χ0) is 11.0. The number of carbonyl (C=O) groups excluding carboxylic acids is 1. The van der Waals surface area contributed by atoms with Gasteiger partial charge in [0, 0.05) is 5.57 Å². The minimum absolute atomic E-state index is 0.139. The van der Waals surface area contributed by atoms with Crippen molar-refractivity contribution in [3.63, 3.8) is 0 Å². The third-order valence-electron chi connectivity index (χ3n) is 2.96. The molecule has 0 aromatic carbocycles. The molecule has 1 aliphatic carbocycles. The Balaban J connectivity index is 2.45. The summed E-state index contributed by atoms with van der Waals surface area (Å²) < 4.78 is 9.82. The Kier molecular flexibility index (Phi) is 2.63. The molecule has 0 saturated heterocycles. The molecule has 0 aromatic rings. The van der Waals surface area contributed by atoms with Crippen molar-refractivity contribution in [3.05, 3.63) is 22.3 Å². The molecule has 0 amide bonds. The summed E-state index contributed by atoms with van der Waals surface area (Å²) in [7, 11) is 1.35. The molecule has 2 aliphatic rings. The fraction of sp³-hybridized carbons (Fsp3) is 0.545. The van der Waals surface area contributed by atoms with E-state index in [2.05, 4.69) is 4.74 Å². The predicted octanol–water partition coefficient (Wildman–Crippen LogP) is 0.915. The van der Waals surface area contributed by atoms with Crippen molar-refractivity contribution < 1.29 is 19.4 Å². The van der Waals surface area contributed by atoms with E-state index in [4.69, 9.17) is 4.74 Å². The monoisotopic (exact) mass is 210 g/mol. The van der Waals surface area contributed by atoms with Crippen molar-refractivity contribution in [2.24, 2.45) is 0 Å². The van der Waals surface area contributed by atoms with Crippen molar-refractivity contribution in [2.45, 2.75) is 26.1 Å². The highest BCUT2D eigenvalue weighted by Crippen LogP contribution is 2.38. The quantitative estimate of drug-likeness (QED) is 0.654. The average molecular weight is 210 g/mol. The molecule has 4 heteroatoms. The van der Waals surface area contributed by atoms with Gasteiger partial charge in [0.1, 0.15) is 0 Å². The number of methoxy groups -OCH3 is 1. The van der Waals surface area contributed by atoms with Gasteiger partial charge in [-0.2, -0.15) is 0 Å². The van der Waals surface area contributed by atoms with Gasteiger partial charge in [-0.15, -0.1) is 0 Å². The van der Waals surface area contributed by atoms with Crippen LogP contribution in [0.4, 0.5) is 0 Å². The van der Waals surface area contributed by atoms with Crippen LogP contribution in [0, 0.1) is 0 Å². The highest BCUT2D eigenvalue weighted by atomic mass is 16.6. The number of fused-ring (bicyclic) bond motifs is 1. The van der Waals surface area contributed by atoms with Gasteiger partial charge in [0.05, 0.1) is 19.3 Å². The molecule has 15 heavy (non-hydrogen) atoms. The second-order valence-electron chi connectivity index (χ2n) is 3.81. The van der Waals surface area contributed by atoms with Crippen LogP contribution < -0.4 is 0 Å². The first-order chi connectivity index (χ1) is 7.15. The largest absolute Gasteiger partial charge is 0.466 e. The summed E-state index contributed by atoms with van der Waals surface area (Å²) in [5.41, 5.74) is 3.34. The molecule has 4 nitrogen and oxygen atoms in total. The van der Waals surface area contributed by atoms with Gasteiger partial charge in [-0.3, -0.25) is 0 Å². The number of carbonyl (C=O) groups is 1. The number of allylic oxidation sites excluding steroid dienone is 1. The summed E-state index contributed by atoms with van der Waals surface area (Å²) in [5.74, 6) is -0.357. The van der Waals surface area contributed by atoms with Gasteiger partial charge in [-0.1, -0.05) is 5.57 Å². The molecule has 2 rings (SSSR count). The summed E-state index contributed by atoms with van der Waals surface area (Å²) in [5, 5.41) is 9.66. The van der Waals surface area contributed by atoms with Gasteiger partial charge in [-0.25, -0.2) is 4.79 Å². The Hall–Kier alpha value is -1.13. The van der Waals surface area contributed by atoms with Crippen LogP contribution in [-0.4, -0.2) is 31.1 Å². The van der Waals surface area contributed by atoms with Crippen molar-refractivity contribution in [1.82, 2.24) is 0 Å². The van der Waals surface area contributed by atoms with Crippen LogP contribution in [0.1, 0.15) is 19.8 Å².